The molecule has 0 aliphatic carbocycles. The molecule has 6 heteroatoms. The second kappa shape index (κ2) is 4.87. The van der Waals surface area contributed by atoms with E-state index in [2.05, 4.69) is 5.32 Å². The van der Waals surface area contributed by atoms with Gasteiger partial charge in [0.1, 0.15) is 0 Å². The van der Waals surface area contributed by atoms with Gasteiger partial charge in [-0.25, -0.2) is 8.78 Å². The van der Waals surface area contributed by atoms with Crippen LogP contribution in [0.2, 0.25) is 0 Å². The fourth-order valence-corrected chi connectivity index (χ4v) is 1.76. The molecule has 2 nitrogen and oxygen atoms in total. The SMILES string of the molecule is CC1(C)CC(NCC(F)(F)C(F)F)CCO1. The lowest BCUT2D eigenvalue weighted by molar-refractivity contribution is -0.130. The molecule has 0 saturated carbocycles. The van der Waals surface area contributed by atoms with Crippen molar-refractivity contribution in [1.29, 1.82) is 0 Å². The summed E-state index contributed by atoms with van der Waals surface area (Å²) in [4.78, 5) is 0. The van der Waals surface area contributed by atoms with Crippen LogP contribution in [-0.2, 0) is 4.74 Å². The first-order chi connectivity index (χ1) is 7.23. The van der Waals surface area contributed by atoms with Crippen molar-refractivity contribution in [3.63, 3.8) is 0 Å². The van der Waals surface area contributed by atoms with E-state index in [1.54, 1.807) is 0 Å². The number of halogens is 4. The Hall–Kier alpha value is -0.360. The van der Waals surface area contributed by atoms with Crippen molar-refractivity contribution in [3.05, 3.63) is 0 Å². The maximum Gasteiger partial charge on any atom is 0.319 e. The van der Waals surface area contributed by atoms with E-state index in [-0.39, 0.29) is 11.6 Å². The molecule has 1 heterocycles. The molecule has 1 fully saturated rings. The first kappa shape index (κ1) is 13.7. The van der Waals surface area contributed by atoms with E-state index in [1.807, 2.05) is 13.8 Å². The first-order valence-corrected chi connectivity index (χ1v) is 5.26. The summed E-state index contributed by atoms with van der Waals surface area (Å²) in [6, 6.07) is -0.187. The number of nitrogens with one attached hydrogen (secondary N) is 1. The van der Waals surface area contributed by atoms with Gasteiger partial charge >= 0.3 is 12.3 Å². The maximum atomic E-state index is 12.7. The van der Waals surface area contributed by atoms with E-state index in [1.165, 1.54) is 0 Å². The Morgan fingerprint density at radius 3 is 2.56 bits per heavy atom. The van der Waals surface area contributed by atoms with Crippen molar-refractivity contribution < 1.29 is 22.3 Å². The van der Waals surface area contributed by atoms with Crippen LogP contribution >= 0.6 is 0 Å². The number of rotatable bonds is 4. The molecule has 1 aliphatic rings. The molecule has 0 aromatic carbocycles. The number of hydrogen-bond donors (Lipinski definition) is 1. The molecule has 0 bridgehead atoms. The summed E-state index contributed by atoms with van der Waals surface area (Å²) in [6.45, 7) is 3.19. The van der Waals surface area contributed by atoms with Gasteiger partial charge in [-0.15, -0.1) is 0 Å². The van der Waals surface area contributed by atoms with Crippen LogP contribution in [0.1, 0.15) is 26.7 Å². The van der Waals surface area contributed by atoms with Crippen LogP contribution in [0, 0.1) is 0 Å². The Labute approximate surface area is 92.3 Å². The number of ether oxygens (including phenoxy) is 1. The highest BCUT2D eigenvalue weighted by Crippen LogP contribution is 2.26. The van der Waals surface area contributed by atoms with Crippen molar-refractivity contribution in [2.24, 2.45) is 0 Å². The van der Waals surface area contributed by atoms with Gasteiger partial charge in [-0.3, -0.25) is 0 Å². The van der Waals surface area contributed by atoms with Gasteiger partial charge in [0.05, 0.1) is 12.1 Å². The van der Waals surface area contributed by atoms with Crippen LogP contribution < -0.4 is 5.32 Å². The minimum atomic E-state index is -3.96. The van der Waals surface area contributed by atoms with E-state index in [0.717, 1.165) is 0 Å². The molecule has 96 valence electrons. The van der Waals surface area contributed by atoms with Gasteiger partial charge in [-0.1, -0.05) is 0 Å². The lowest BCUT2D eigenvalue weighted by Crippen LogP contribution is -2.48. The Balaban J connectivity index is 2.38. The van der Waals surface area contributed by atoms with Gasteiger partial charge in [0.2, 0.25) is 0 Å². The third kappa shape index (κ3) is 3.90. The summed E-state index contributed by atoms with van der Waals surface area (Å²) < 4.78 is 54.5. The second-order valence-electron chi connectivity index (χ2n) is 4.74. The molecule has 1 saturated heterocycles. The van der Waals surface area contributed by atoms with Crippen molar-refractivity contribution in [2.75, 3.05) is 13.2 Å². The standard InChI is InChI=1S/C10H17F4NO/c1-9(2)5-7(3-4-16-9)15-6-10(13,14)8(11)12/h7-8,15H,3-6H2,1-2H3. The van der Waals surface area contributed by atoms with Crippen LogP contribution in [0.25, 0.3) is 0 Å². The quantitative estimate of drug-likeness (QED) is 0.766. The maximum absolute atomic E-state index is 12.7. The third-order valence-electron chi connectivity index (χ3n) is 2.64. The Bertz CT molecular complexity index is 233. The molecule has 0 spiro atoms. The highest BCUT2D eigenvalue weighted by Gasteiger charge is 2.41. The van der Waals surface area contributed by atoms with Gasteiger partial charge in [0.25, 0.3) is 0 Å². The molecular formula is C10H17F4NO. The normalized spacial score (nSPS) is 26.1. The van der Waals surface area contributed by atoms with Crippen molar-refractivity contribution >= 4 is 0 Å². The van der Waals surface area contributed by atoms with E-state index in [0.29, 0.717) is 19.4 Å². The second-order valence-corrected chi connectivity index (χ2v) is 4.74. The van der Waals surface area contributed by atoms with Gasteiger partial charge < -0.3 is 10.1 Å². The molecule has 16 heavy (non-hydrogen) atoms. The summed E-state index contributed by atoms with van der Waals surface area (Å²) in [5.74, 6) is -3.96. The molecule has 0 aromatic rings. The highest BCUT2D eigenvalue weighted by molar-refractivity contribution is 4.85. The van der Waals surface area contributed by atoms with Gasteiger partial charge in [-0.2, -0.15) is 8.78 Å². The zero-order valence-corrected chi connectivity index (χ0v) is 9.40. The fraction of sp³-hybridized carbons (Fsp3) is 1.00. The molecule has 1 N–H and O–H groups in total. The van der Waals surface area contributed by atoms with Crippen LogP contribution in [0.4, 0.5) is 17.6 Å². The number of hydrogen-bond acceptors (Lipinski definition) is 2. The lowest BCUT2D eigenvalue weighted by Gasteiger charge is -2.36. The summed E-state index contributed by atoms with van der Waals surface area (Å²) >= 11 is 0. The zero-order valence-electron chi connectivity index (χ0n) is 9.40. The van der Waals surface area contributed by atoms with Crippen molar-refractivity contribution in [1.82, 2.24) is 5.32 Å². The molecular weight excluding hydrogens is 226 g/mol. The van der Waals surface area contributed by atoms with E-state index >= 15 is 0 Å². The summed E-state index contributed by atoms with van der Waals surface area (Å²) in [5, 5.41) is 2.49. The van der Waals surface area contributed by atoms with E-state index in [9.17, 15) is 17.6 Å². The highest BCUT2D eigenvalue weighted by atomic mass is 19.3. The Morgan fingerprint density at radius 1 is 1.44 bits per heavy atom. The average molecular weight is 243 g/mol. The molecule has 1 aliphatic heterocycles. The predicted octanol–water partition coefficient (Wildman–Crippen LogP) is 2.43. The molecule has 1 unspecified atom stereocenters. The van der Waals surface area contributed by atoms with Gasteiger partial charge in [-0.05, 0) is 26.7 Å². The van der Waals surface area contributed by atoms with Crippen LogP contribution in [0.5, 0.6) is 0 Å². The molecule has 1 atom stereocenters. The van der Waals surface area contributed by atoms with Crippen LogP contribution in [-0.4, -0.2) is 37.1 Å². The van der Waals surface area contributed by atoms with Crippen LogP contribution in [0.3, 0.4) is 0 Å². The van der Waals surface area contributed by atoms with Crippen LogP contribution in [0.15, 0.2) is 0 Å². The largest absolute Gasteiger partial charge is 0.375 e. The number of alkyl halides is 4. The summed E-state index contributed by atoms with van der Waals surface area (Å²) in [5.41, 5.74) is -0.379. The minimum absolute atomic E-state index is 0.187. The molecule has 1 rings (SSSR count). The van der Waals surface area contributed by atoms with Gasteiger partial charge in [0.15, 0.2) is 0 Å². The molecule has 0 radical (unpaired) electrons. The zero-order chi connectivity index (χ0) is 12.4. The van der Waals surface area contributed by atoms with Gasteiger partial charge in [0, 0.05) is 12.6 Å². The van der Waals surface area contributed by atoms with E-state index in [4.69, 9.17) is 4.74 Å². The Kier molecular flexibility index (Phi) is 4.17. The lowest BCUT2D eigenvalue weighted by atomic mass is 9.94. The smallest absolute Gasteiger partial charge is 0.319 e. The summed E-state index contributed by atoms with van der Waals surface area (Å²) in [6.07, 6.45) is -2.50. The molecule has 0 aromatic heterocycles. The minimum Gasteiger partial charge on any atom is -0.375 e. The Morgan fingerprint density at radius 2 is 2.06 bits per heavy atom. The molecule has 0 amide bonds. The predicted molar refractivity (Wildman–Crippen MR) is 52.0 cm³/mol. The first-order valence-electron chi connectivity index (χ1n) is 5.26. The van der Waals surface area contributed by atoms with Crippen molar-refractivity contribution in [3.8, 4) is 0 Å². The average Bonchev–Trinajstić information content (AvgIpc) is 2.13. The van der Waals surface area contributed by atoms with Crippen molar-refractivity contribution in [2.45, 2.75) is 50.7 Å². The third-order valence-corrected chi connectivity index (χ3v) is 2.64. The topological polar surface area (TPSA) is 21.3 Å². The monoisotopic (exact) mass is 243 g/mol. The summed E-state index contributed by atoms with van der Waals surface area (Å²) in [7, 11) is 0. The fourth-order valence-electron chi connectivity index (χ4n) is 1.76. The van der Waals surface area contributed by atoms with E-state index < -0.39 is 18.9 Å².